The van der Waals surface area contributed by atoms with Gasteiger partial charge in [0.1, 0.15) is 16.3 Å². The highest BCUT2D eigenvalue weighted by Crippen LogP contribution is 2.27. The molecule has 1 aromatic heterocycles. The summed E-state index contributed by atoms with van der Waals surface area (Å²) in [7, 11) is -1.98. The topological polar surface area (TPSA) is 134 Å². The highest BCUT2D eigenvalue weighted by Gasteiger charge is 2.17. The Morgan fingerprint density at radius 3 is 2.38 bits per heavy atom. The summed E-state index contributed by atoms with van der Waals surface area (Å²) in [4.78, 5) is 8.94. The lowest BCUT2D eigenvalue weighted by Crippen LogP contribution is -2.13. The Morgan fingerprint density at radius 1 is 1.27 bits per heavy atom. The maximum absolute atomic E-state index is 11.3. The molecule has 0 amide bonds. The summed E-state index contributed by atoms with van der Waals surface area (Å²) in [6, 6.07) is 6.26. The maximum atomic E-state index is 11.3. The number of halogens is 1. The van der Waals surface area contributed by atoms with E-state index < -0.39 is 10.0 Å². The summed E-state index contributed by atoms with van der Waals surface area (Å²) in [6.07, 6.45) is 0. The second-order valence-corrected chi connectivity index (χ2v) is 8.70. The molecule has 0 saturated heterocycles. The van der Waals surface area contributed by atoms with Crippen molar-refractivity contribution in [3.8, 4) is 0 Å². The molecule has 5 N–H and O–H groups in total. The third-order valence-electron chi connectivity index (χ3n) is 3.33. The van der Waals surface area contributed by atoms with E-state index in [0.29, 0.717) is 28.9 Å². The largest absolute Gasteiger partial charge is 0.372 e. The molecule has 0 aliphatic carbocycles. The molecular formula is C15H19BrN6O2S2. The Bertz CT molecular complexity index is 903. The van der Waals surface area contributed by atoms with E-state index in [0.717, 1.165) is 11.3 Å². The monoisotopic (exact) mass is 458 g/mol. The van der Waals surface area contributed by atoms with Gasteiger partial charge in [0.2, 0.25) is 10.0 Å². The third kappa shape index (κ3) is 5.16. The fraction of sp³-hybridized carbons (Fsp3) is 0.267. The molecule has 0 aliphatic heterocycles. The van der Waals surface area contributed by atoms with Crippen LogP contribution in [0, 0.1) is 5.41 Å². The number of nitrogens with one attached hydrogen (secondary N) is 3. The first-order valence-electron chi connectivity index (χ1n) is 7.58. The van der Waals surface area contributed by atoms with Crippen LogP contribution in [0.3, 0.4) is 0 Å². The van der Waals surface area contributed by atoms with Gasteiger partial charge in [-0.15, -0.1) is 0 Å². The molecule has 0 bridgehead atoms. The number of hydrogen-bond acceptors (Lipinski definition) is 8. The van der Waals surface area contributed by atoms with Crippen molar-refractivity contribution in [1.82, 2.24) is 9.97 Å². The number of rotatable bonds is 8. The quantitative estimate of drug-likeness (QED) is 0.271. The molecular weight excluding hydrogens is 440 g/mol. The van der Waals surface area contributed by atoms with Crippen molar-refractivity contribution in [2.45, 2.75) is 23.5 Å². The lowest BCUT2D eigenvalue weighted by molar-refractivity contribution is 0.598. The van der Waals surface area contributed by atoms with E-state index in [-0.39, 0.29) is 9.52 Å². The van der Waals surface area contributed by atoms with Crippen LogP contribution in [-0.2, 0) is 16.6 Å². The van der Waals surface area contributed by atoms with Gasteiger partial charge in [0.25, 0.3) is 0 Å². The molecule has 0 unspecified atom stereocenters. The van der Waals surface area contributed by atoms with E-state index in [4.69, 9.17) is 10.5 Å². The Kier molecular flexibility index (Phi) is 6.98. The molecule has 0 spiro atoms. The fourth-order valence-corrected chi connectivity index (χ4v) is 3.59. The summed E-state index contributed by atoms with van der Waals surface area (Å²) in [5.41, 5.74) is 1.37. The smallest absolute Gasteiger partial charge is 0.238 e. The molecule has 8 nitrogen and oxygen atoms in total. The zero-order valence-electron chi connectivity index (χ0n) is 14.2. The van der Waals surface area contributed by atoms with Gasteiger partial charge in [-0.2, -0.15) is 0 Å². The summed E-state index contributed by atoms with van der Waals surface area (Å²) < 4.78 is 22.8. The Balaban J connectivity index is 2.30. The zero-order chi connectivity index (χ0) is 19.3. The molecule has 2 aromatic rings. The average Bonchev–Trinajstić information content (AvgIpc) is 2.59. The number of anilines is 2. The minimum Gasteiger partial charge on any atom is -0.372 e. The van der Waals surface area contributed by atoms with Gasteiger partial charge in [-0.05, 0) is 39.4 Å². The Labute approximate surface area is 165 Å². The highest BCUT2D eigenvalue weighted by atomic mass is 79.9. The van der Waals surface area contributed by atoms with Crippen molar-refractivity contribution in [3.05, 3.63) is 35.4 Å². The van der Waals surface area contributed by atoms with Crippen LogP contribution in [0.15, 0.2) is 34.3 Å². The normalized spacial score (nSPS) is 11.2. The van der Waals surface area contributed by atoms with Gasteiger partial charge in [-0.25, -0.2) is 23.5 Å². The summed E-state index contributed by atoms with van der Waals surface area (Å²) >= 11 is 4.68. The van der Waals surface area contributed by atoms with Gasteiger partial charge in [-0.1, -0.05) is 30.8 Å². The Morgan fingerprint density at radius 2 is 1.88 bits per heavy atom. The predicted octanol–water partition coefficient (Wildman–Crippen LogP) is 2.61. The average molecular weight is 459 g/mol. The van der Waals surface area contributed by atoms with Gasteiger partial charge in [-0.3, -0.25) is 5.41 Å². The third-order valence-corrected chi connectivity index (χ3v) is 5.39. The summed E-state index contributed by atoms with van der Waals surface area (Å²) in [5, 5.41) is 19.8. The number of nitrogens with two attached hydrogens (primary N) is 1. The number of aromatic nitrogens is 2. The van der Waals surface area contributed by atoms with Crippen LogP contribution in [0.2, 0.25) is 0 Å². The van der Waals surface area contributed by atoms with Gasteiger partial charge in [0.05, 0.1) is 10.5 Å². The van der Waals surface area contributed by atoms with Crippen LogP contribution < -0.4 is 15.8 Å². The molecule has 0 aliphatic rings. The standard InChI is InChI=1S/C15H19BrN6O2S2/c1-3-25-15-21-13(19-2)11(12(16)17)14(22-15)20-8-9-4-6-10(7-5-9)26(18,23)24/h4-7,17H,3,8H2,1-2H3,(H2,18,23,24)(H2,19,20,21,22). The van der Waals surface area contributed by atoms with Crippen molar-refractivity contribution in [1.29, 1.82) is 5.41 Å². The zero-order valence-corrected chi connectivity index (χ0v) is 17.4. The summed E-state index contributed by atoms with van der Waals surface area (Å²) in [6.45, 7) is 2.41. The SMILES string of the molecule is CCSc1nc(NC)c(C(=N)Br)c(NCc2ccc(S(N)(=O)=O)cc2)n1. The first-order chi connectivity index (χ1) is 12.3. The van der Waals surface area contributed by atoms with Crippen LogP contribution in [0.4, 0.5) is 11.6 Å². The molecule has 1 aromatic carbocycles. The van der Waals surface area contributed by atoms with E-state index in [2.05, 4.69) is 36.5 Å². The number of benzene rings is 1. The molecule has 1 heterocycles. The fourth-order valence-electron chi connectivity index (χ4n) is 2.13. The van der Waals surface area contributed by atoms with Crippen LogP contribution in [0.5, 0.6) is 0 Å². The van der Waals surface area contributed by atoms with E-state index >= 15 is 0 Å². The van der Waals surface area contributed by atoms with Crippen LogP contribution >= 0.6 is 27.7 Å². The van der Waals surface area contributed by atoms with Crippen molar-refractivity contribution in [2.24, 2.45) is 5.14 Å². The highest BCUT2D eigenvalue weighted by molar-refractivity contribution is 9.18. The maximum Gasteiger partial charge on any atom is 0.238 e. The molecule has 26 heavy (non-hydrogen) atoms. The van der Waals surface area contributed by atoms with Crippen molar-refractivity contribution >= 4 is 54.0 Å². The first kappa shape index (κ1) is 20.6. The molecule has 2 rings (SSSR count). The van der Waals surface area contributed by atoms with Crippen LogP contribution in [0.25, 0.3) is 0 Å². The van der Waals surface area contributed by atoms with E-state index in [1.165, 1.54) is 23.9 Å². The molecule has 0 atom stereocenters. The minimum absolute atomic E-state index is 0.0605. The van der Waals surface area contributed by atoms with Gasteiger partial charge in [0.15, 0.2) is 5.16 Å². The number of primary sulfonamides is 1. The van der Waals surface area contributed by atoms with E-state index in [1.54, 1.807) is 19.2 Å². The van der Waals surface area contributed by atoms with Crippen molar-refractivity contribution in [2.75, 3.05) is 23.4 Å². The van der Waals surface area contributed by atoms with Gasteiger partial charge >= 0.3 is 0 Å². The second-order valence-electron chi connectivity index (χ2n) is 5.12. The van der Waals surface area contributed by atoms with E-state index in [9.17, 15) is 8.42 Å². The lowest BCUT2D eigenvalue weighted by atomic mass is 10.2. The number of hydrogen-bond donors (Lipinski definition) is 4. The van der Waals surface area contributed by atoms with Gasteiger partial charge in [0, 0.05) is 13.6 Å². The lowest BCUT2D eigenvalue weighted by Gasteiger charge is -2.15. The second kappa shape index (κ2) is 8.80. The number of sulfonamides is 1. The summed E-state index contributed by atoms with van der Waals surface area (Å²) in [5.74, 6) is 1.88. The molecule has 0 fully saturated rings. The molecule has 11 heteroatoms. The predicted molar refractivity (Wildman–Crippen MR) is 109 cm³/mol. The Hall–Kier alpha value is -1.69. The van der Waals surface area contributed by atoms with Crippen molar-refractivity contribution in [3.63, 3.8) is 0 Å². The van der Waals surface area contributed by atoms with Crippen LogP contribution in [0.1, 0.15) is 18.1 Å². The van der Waals surface area contributed by atoms with Crippen LogP contribution in [-0.4, -0.2) is 35.8 Å². The molecule has 140 valence electrons. The first-order valence-corrected chi connectivity index (χ1v) is 10.9. The van der Waals surface area contributed by atoms with Gasteiger partial charge < -0.3 is 10.6 Å². The minimum atomic E-state index is -3.71. The molecule has 0 saturated carbocycles. The van der Waals surface area contributed by atoms with Crippen molar-refractivity contribution < 1.29 is 8.42 Å². The molecule has 0 radical (unpaired) electrons. The number of thioether (sulfide) groups is 1. The number of nitrogens with zero attached hydrogens (tertiary/aromatic N) is 2. The van der Waals surface area contributed by atoms with E-state index in [1.807, 2.05) is 6.92 Å².